The van der Waals surface area contributed by atoms with E-state index in [4.69, 9.17) is 11.6 Å². The topological polar surface area (TPSA) is 59.4 Å². The molecule has 0 unspecified atom stereocenters. The van der Waals surface area contributed by atoms with Crippen molar-refractivity contribution in [3.05, 3.63) is 65.3 Å². The van der Waals surface area contributed by atoms with Crippen molar-refractivity contribution in [2.24, 2.45) is 0 Å². The maximum Gasteiger partial charge on any atom is 0.238 e. The van der Waals surface area contributed by atoms with Gasteiger partial charge in [-0.15, -0.1) is 0 Å². The van der Waals surface area contributed by atoms with Gasteiger partial charge in [-0.1, -0.05) is 54.9 Å². The number of hydrogen-bond acceptors (Lipinski definition) is 3. The van der Waals surface area contributed by atoms with Gasteiger partial charge in [0.05, 0.1) is 4.90 Å². The highest BCUT2D eigenvalue weighted by atomic mass is 35.5. The number of carbonyl (C=O) groups excluding carboxylic acids is 1. The van der Waals surface area contributed by atoms with Crippen LogP contribution in [0.15, 0.2) is 59.6 Å². The minimum Gasteiger partial charge on any atom is -0.342 e. The van der Waals surface area contributed by atoms with Crippen molar-refractivity contribution in [1.82, 2.24) is 9.47 Å². The summed E-state index contributed by atoms with van der Waals surface area (Å²) >= 11 is 6.32. The van der Waals surface area contributed by atoms with Crippen molar-refractivity contribution in [3.63, 3.8) is 0 Å². The molecule has 31 heavy (non-hydrogen) atoms. The third-order valence-corrected chi connectivity index (χ3v) is 8.11. The van der Waals surface area contributed by atoms with E-state index in [1.165, 1.54) is 0 Å². The van der Waals surface area contributed by atoms with E-state index < -0.39 is 15.6 Å². The van der Waals surface area contributed by atoms with Gasteiger partial charge < -0.3 is 9.47 Å². The van der Waals surface area contributed by atoms with Crippen LogP contribution in [0.25, 0.3) is 10.9 Å². The Morgan fingerprint density at radius 1 is 1.10 bits per heavy atom. The molecular formula is C24H27ClN2O3S. The predicted molar refractivity (Wildman–Crippen MR) is 124 cm³/mol. The summed E-state index contributed by atoms with van der Waals surface area (Å²) in [5, 5.41) is 1.27. The monoisotopic (exact) mass is 458 g/mol. The van der Waals surface area contributed by atoms with E-state index in [2.05, 4.69) is 0 Å². The molecule has 1 aliphatic rings. The van der Waals surface area contributed by atoms with E-state index in [1.807, 2.05) is 54.0 Å². The summed E-state index contributed by atoms with van der Waals surface area (Å²) in [4.78, 5) is 14.9. The first kappa shape index (κ1) is 21.9. The van der Waals surface area contributed by atoms with E-state index in [0.717, 1.165) is 36.8 Å². The maximum atomic E-state index is 13.3. The van der Waals surface area contributed by atoms with Crippen LogP contribution in [0.2, 0.25) is 5.02 Å². The standard InChI is InChI=1S/C24H27ClN2O3S/c1-2-19-10-7-8-14-27(19)24(28)17-31(29,30)23-16-26(22-13-6-4-11-20(22)23)15-18-9-3-5-12-21(18)25/h3-6,9,11-13,16,19H,2,7-8,10,14-15,17H2,1H3/t19-/m0/s1. The first-order valence-electron chi connectivity index (χ1n) is 10.7. The minimum atomic E-state index is -3.79. The molecule has 1 atom stereocenters. The number of rotatable bonds is 6. The Morgan fingerprint density at radius 2 is 1.84 bits per heavy atom. The summed E-state index contributed by atoms with van der Waals surface area (Å²) in [6, 6.07) is 15.1. The molecule has 2 heterocycles. The fraction of sp³-hybridized carbons (Fsp3) is 0.375. The zero-order valence-electron chi connectivity index (χ0n) is 17.6. The van der Waals surface area contributed by atoms with Crippen molar-refractivity contribution < 1.29 is 13.2 Å². The van der Waals surface area contributed by atoms with Crippen molar-refractivity contribution in [2.75, 3.05) is 12.3 Å². The Bertz CT molecular complexity index is 1200. The molecule has 2 aromatic carbocycles. The van der Waals surface area contributed by atoms with Gasteiger partial charge in [0, 0.05) is 41.3 Å². The van der Waals surface area contributed by atoms with Crippen LogP contribution in [0.5, 0.6) is 0 Å². The Labute approximate surface area is 188 Å². The molecule has 7 heteroatoms. The summed E-state index contributed by atoms with van der Waals surface area (Å²) in [5.74, 6) is -0.793. The first-order valence-corrected chi connectivity index (χ1v) is 12.8. The largest absolute Gasteiger partial charge is 0.342 e. The molecule has 1 saturated heterocycles. The van der Waals surface area contributed by atoms with Crippen LogP contribution in [-0.2, 0) is 21.2 Å². The number of likely N-dealkylation sites (tertiary alicyclic amines) is 1. The molecule has 3 aromatic rings. The zero-order chi connectivity index (χ0) is 22.0. The zero-order valence-corrected chi connectivity index (χ0v) is 19.2. The van der Waals surface area contributed by atoms with Gasteiger partial charge >= 0.3 is 0 Å². The molecule has 1 fully saturated rings. The van der Waals surface area contributed by atoms with Gasteiger partial charge in [-0.25, -0.2) is 8.42 Å². The van der Waals surface area contributed by atoms with E-state index in [0.29, 0.717) is 23.5 Å². The predicted octanol–water partition coefficient (Wildman–Crippen LogP) is 4.91. The van der Waals surface area contributed by atoms with E-state index in [-0.39, 0.29) is 16.8 Å². The highest BCUT2D eigenvalue weighted by molar-refractivity contribution is 7.92. The molecule has 1 aromatic heterocycles. The second-order valence-corrected chi connectivity index (χ2v) is 10.5. The van der Waals surface area contributed by atoms with E-state index >= 15 is 0 Å². The lowest BCUT2D eigenvalue weighted by molar-refractivity contribution is -0.132. The lowest BCUT2D eigenvalue weighted by atomic mass is 10.0. The van der Waals surface area contributed by atoms with E-state index in [9.17, 15) is 13.2 Å². The summed E-state index contributed by atoms with van der Waals surface area (Å²) in [6.45, 7) is 3.14. The van der Waals surface area contributed by atoms with Crippen LogP contribution < -0.4 is 0 Å². The van der Waals surface area contributed by atoms with E-state index in [1.54, 1.807) is 17.2 Å². The fourth-order valence-electron chi connectivity index (χ4n) is 4.48. The van der Waals surface area contributed by atoms with Crippen LogP contribution in [0.4, 0.5) is 0 Å². The first-order chi connectivity index (χ1) is 14.9. The van der Waals surface area contributed by atoms with Crippen LogP contribution in [-0.4, -0.2) is 42.1 Å². The van der Waals surface area contributed by atoms with Crippen molar-refractivity contribution >= 4 is 38.2 Å². The van der Waals surface area contributed by atoms with Crippen LogP contribution in [0, 0.1) is 0 Å². The molecule has 0 bridgehead atoms. The smallest absolute Gasteiger partial charge is 0.238 e. The number of piperidine rings is 1. The fourth-order valence-corrected chi connectivity index (χ4v) is 6.12. The average molecular weight is 459 g/mol. The number of para-hydroxylation sites is 1. The van der Waals surface area contributed by atoms with Crippen molar-refractivity contribution in [1.29, 1.82) is 0 Å². The number of halogens is 1. The van der Waals surface area contributed by atoms with Gasteiger partial charge in [0.2, 0.25) is 5.91 Å². The molecule has 4 rings (SSSR count). The number of nitrogens with zero attached hydrogens (tertiary/aromatic N) is 2. The van der Waals surface area contributed by atoms with Gasteiger partial charge in [0.1, 0.15) is 5.75 Å². The summed E-state index contributed by atoms with van der Waals surface area (Å²) in [6.07, 6.45) is 5.45. The van der Waals surface area contributed by atoms with Crippen molar-refractivity contribution in [3.8, 4) is 0 Å². The Balaban J connectivity index is 1.67. The Morgan fingerprint density at radius 3 is 2.61 bits per heavy atom. The quantitative estimate of drug-likeness (QED) is 0.527. The molecule has 0 saturated carbocycles. The molecule has 164 valence electrons. The van der Waals surface area contributed by atoms with Crippen molar-refractivity contribution in [2.45, 2.75) is 50.1 Å². The minimum absolute atomic E-state index is 0.137. The molecule has 0 N–H and O–H groups in total. The van der Waals surface area contributed by atoms with Gasteiger partial charge in [-0.2, -0.15) is 0 Å². The highest BCUT2D eigenvalue weighted by Gasteiger charge is 2.31. The lowest BCUT2D eigenvalue weighted by Gasteiger charge is -2.35. The number of amides is 1. The molecular weight excluding hydrogens is 432 g/mol. The third kappa shape index (κ3) is 4.51. The Hall–Kier alpha value is -2.31. The lowest BCUT2D eigenvalue weighted by Crippen LogP contribution is -2.45. The molecule has 1 aliphatic heterocycles. The number of aromatic nitrogens is 1. The molecule has 0 aliphatic carbocycles. The number of benzene rings is 2. The normalized spacial score (nSPS) is 17.2. The Kier molecular flexibility index (Phi) is 6.39. The SMILES string of the molecule is CC[C@H]1CCCCN1C(=O)CS(=O)(=O)c1cn(Cc2ccccc2Cl)c2ccccc12. The number of carbonyl (C=O) groups is 1. The number of hydrogen-bond donors (Lipinski definition) is 0. The summed E-state index contributed by atoms with van der Waals surface area (Å²) < 4.78 is 28.6. The second kappa shape index (κ2) is 9.05. The van der Waals surface area contributed by atoms with Gasteiger partial charge in [0.25, 0.3) is 0 Å². The van der Waals surface area contributed by atoms with Crippen LogP contribution in [0.3, 0.4) is 0 Å². The van der Waals surface area contributed by atoms with Crippen LogP contribution >= 0.6 is 11.6 Å². The van der Waals surface area contributed by atoms with Gasteiger partial charge in [-0.3, -0.25) is 4.79 Å². The maximum absolute atomic E-state index is 13.3. The summed E-state index contributed by atoms with van der Waals surface area (Å²) in [7, 11) is -3.79. The number of fused-ring (bicyclic) bond motifs is 1. The third-order valence-electron chi connectivity index (χ3n) is 6.12. The molecule has 0 spiro atoms. The van der Waals surface area contributed by atoms with Gasteiger partial charge in [0.15, 0.2) is 9.84 Å². The highest BCUT2D eigenvalue weighted by Crippen LogP contribution is 2.29. The summed E-state index contributed by atoms with van der Waals surface area (Å²) in [5.41, 5.74) is 1.71. The molecule has 5 nitrogen and oxygen atoms in total. The van der Waals surface area contributed by atoms with Gasteiger partial charge in [-0.05, 0) is 43.4 Å². The van der Waals surface area contributed by atoms with Crippen LogP contribution in [0.1, 0.15) is 38.2 Å². The average Bonchev–Trinajstić information content (AvgIpc) is 3.14. The molecule has 1 amide bonds. The molecule has 0 radical (unpaired) electrons. The number of sulfone groups is 1. The second-order valence-electron chi connectivity index (χ2n) is 8.13.